The van der Waals surface area contributed by atoms with Gasteiger partial charge in [0, 0.05) is 18.7 Å². The van der Waals surface area contributed by atoms with Gasteiger partial charge in [-0.2, -0.15) is 0 Å². The number of aliphatic hydroxyl groups excluding tert-OH is 1. The van der Waals surface area contributed by atoms with Gasteiger partial charge < -0.3 is 29.1 Å². The molecule has 2 aromatic carbocycles. The van der Waals surface area contributed by atoms with Gasteiger partial charge in [-0.3, -0.25) is 9.59 Å². The van der Waals surface area contributed by atoms with Crippen molar-refractivity contribution in [2.24, 2.45) is 0 Å². The van der Waals surface area contributed by atoms with Crippen LogP contribution in [0.25, 0.3) is 5.76 Å². The summed E-state index contributed by atoms with van der Waals surface area (Å²) in [5.41, 5.74) is 1.12. The second-order valence-electron chi connectivity index (χ2n) is 8.82. The summed E-state index contributed by atoms with van der Waals surface area (Å²) in [6.45, 7) is 10.5. The lowest BCUT2D eigenvalue weighted by Gasteiger charge is -2.28. The first-order valence-electron chi connectivity index (χ1n) is 12.2. The molecule has 0 aromatic heterocycles. The fourth-order valence-corrected chi connectivity index (χ4v) is 4.39. The van der Waals surface area contributed by atoms with Crippen molar-refractivity contribution in [1.29, 1.82) is 0 Å². The van der Waals surface area contributed by atoms with E-state index in [2.05, 4.69) is 18.7 Å². The molecule has 1 aliphatic heterocycles. The average molecular weight is 497 g/mol. The number of methoxy groups -OCH3 is 2. The van der Waals surface area contributed by atoms with E-state index in [0.29, 0.717) is 41.5 Å². The minimum Gasteiger partial charge on any atom is -0.507 e. The molecule has 1 saturated heterocycles. The molecule has 1 amide bonds. The lowest BCUT2D eigenvalue weighted by Crippen LogP contribution is -2.38. The van der Waals surface area contributed by atoms with Gasteiger partial charge in [0.15, 0.2) is 11.5 Å². The van der Waals surface area contributed by atoms with Crippen LogP contribution in [0.15, 0.2) is 48.0 Å². The largest absolute Gasteiger partial charge is 0.507 e. The number of likely N-dealkylation sites (N-methyl/N-ethyl adjacent to an activating group) is 1. The van der Waals surface area contributed by atoms with Crippen LogP contribution < -0.4 is 14.2 Å². The zero-order chi connectivity index (χ0) is 26.4. The summed E-state index contributed by atoms with van der Waals surface area (Å²) >= 11 is 0. The summed E-state index contributed by atoms with van der Waals surface area (Å²) in [5.74, 6) is 0.0754. The molecule has 8 nitrogen and oxygen atoms in total. The lowest BCUT2D eigenvalue weighted by atomic mass is 9.95. The first-order chi connectivity index (χ1) is 17.2. The van der Waals surface area contributed by atoms with Gasteiger partial charge in [-0.15, -0.1) is 0 Å². The van der Waals surface area contributed by atoms with Gasteiger partial charge in [0.2, 0.25) is 0 Å². The van der Waals surface area contributed by atoms with Crippen LogP contribution in [-0.2, 0) is 9.59 Å². The Labute approximate surface area is 213 Å². The van der Waals surface area contributed by atoms with E-state index in [1.54, 1.807) is 49.6 Å². The number of rotatable bonds is 11. The van der Waals surface area contributed by atoms with E-state index in [4.69, 9.17) is 14.2 Å². The number of likely N-dealkylation sites (tertiary alicyclic amines) is 1. The van der Waals surface area contributed by atoms with Crippen LogP contribution in [0.2, 0.25) is 0 Å². The number of amides is 1. The van der Waals surface area contributed by atoms with Crippen LogP contribution in [0, 0.1) is 0 Å². The van der Waals surface area contributed by atoms with E-state index in [-0.39, 0.29) is 17.4 Å². The molecule has 1 aliphatic rings. The molecule has 1 fully saturated rings. The Morgan fingerprint density at radius 1 is 1.00 bits per heavy atom. The highest BCUT2D eigenvalue weighted by atomic mass is 16.5. The Balaban J connectivity index is 2.11. The summed E-state index contributed by atoms with van der Waals surface area (Å²) < 4.78 is 16.5. The van der Waals surface area contributed by atoms with Crippen molar-refractivity contribution in [1.82, 2.24) is 9.80 Å². The molecule has 8 heteroatoms. The van der Waals surface area contributed by atoms with Crippen molar-refractivity contribution in [2.75, 3.05) is 40.4 Å². The van der Waals surface area contributed by atoms with E-state index < -0.39 is 17.7 Å². The van der Waals surface area contributed by atoms with E-state index in [1.165, 1.54) is 12.0 Å². The molecular weight excluding hydrogens is 460 g/mol. The van der Waals surface area contributed by atoms with Gasteiger partial charge in [0.05, 0.1) is 31.9 Å². The van der Waals surface area contributed by atoms with Crippen molar-refractivity contribution in [2.45, 2.75) is 39.8 Å². The highest BCUT2D eigenvalue weighted by Crippen LogP contribution is 2.42. The summed E-state index contributed by atoms with van der Waals surface area (Å²) in [7, 11) is 3.07. The minimum atomic E-state index is -0.771. The Morgan fingerprint density at radius 3 is 2.19 bits per heavy atom. The molecule has 3 rings (SSSR count). The maximum absolute atomic E-state index is 13.3. The third-order valence-electron chi connectivity index (χ3n) is 6.31. The van der Waals surface area contributed by atoms with E-state index in [1.807, 2.05) is 13.8 Å². The van der Waals surface area contributed by atoms with Gasteiger partial charge in [-0.05, 0) is 68.9 Å². The number of ether oxygens (including phenoxy) is 3. The fraction of sp³-hybridized carbons (Fsp3) is 0.429. The van der Waals surface area contributed by atoms with Crippen molar-refractivity contribution in [3.63, 3.8) is 0 Å². The van der Waals surface area contributed by atoms with E-state index in [0.717, 1.165) is 13.1 Å². The van der Waals surface area contributed by atoms with Crippen LogP contribution in [0.4, 0.5) is 0 Å². The van der Waals surface area contributed by atoms with Gasteiger partial charge in [-0.25, -0.2) is 0 Å². The normalized spacial score (nSPS) is 17.2. The molecule has 1 N–H and O–H groups in total. The van der Waals surface area contributed by atoms with Crippen LogP contribution >= 0.6 is 0 Å². The Hall–Kier alpha value is -3.52. The second kappa shape index (κ2) is 11.9. The van der Waals surface area contributed by atoms with Gasteiger partial charge in [0.25, 0.3) is 11.7 Å². The minimum absolute atomic E-state index is 0.00521. The van der Waals surface area contributed by atoms with Crippen molar-refractivity contribution >= 4 is 17.4 Å². The first-order valence-corrected chi connectivity index (χ1v) is 12.2. The van der Waals surface area contributed by atoms with Crippen LogP contribution in [0.1, 0.15) is 44.9 Å². The van der Waals surface area contributed by atoms with Crippen molar-refractivity contribution in [3.05, 3.63) is 59.2 Å². The maximum atomic E-state index is 13.3. The standard InChI is InChI=1S/C28H36N2O6/c1-7-29(8-2)15-16-30-25(20-11-14-22(34-5)23(17-20)35-6)24(27(32)28(30)33)26(31)19-9-12-21(13-10-19)36-18(3)4/h9-14,17-18,25,31H,7-8,15-16H2,1-6H3/t25-/m0/s1. The van der Waals surface area contributed by atoms with E-state index in [9.17, 15) is 14.7 Å². The Morgan fingerprint density at radius 2 is 1.64 bits per heavy atom. The molecule has 0 unspecified atom stereocenters. The number of aliphatic hydroxyl groups is 1. The Bertz CT molecular complexity index is 1110. The number of ketones is 1. The quantitative estimate of drug-likeness (QED) is 0.283. The number of benzene rings is 2. The number of hydrogen-bond acceptors (Lipinski definition) is 7. The van der Waals surface area contributed by atoms with Crippen LogP contribution in [0.5, 0.6) is 17.2 Å². The van der Waals surface area contributed by atoms with Gasteiger partial charge in [-0.1, -0.05) is 19.9 Å². The molecular formula is C28H36N2O6. The second-order valence-corrected chi connectivity index (χ2v) is 8.82. The van der Waals surface area contributed by atoms with Crippen LogP contribution in [-0.4, -0.2) is 73.1 Å². The molecule has 36 heavy (non-hydrogen) atoms. The molecule has 1 heterocycles. The molecule has 0 saturated carbocycles. The number of carbonyl (C=O) groups is 2. The van der Waals surface area contributed by atoms with Gasteiger partial charge >= 0.3 is 0 Å². The Kier molecular flexibility index (Phi) is 8.98. The molecule has 194 valence electrons. The summed E-state index contributed by atoms with van der Waals surface area (Å²) in [5, 5.41) is 11.3. The smallest absolute Gasteiger partial charge is 0.295 e. The number of Topliss-reactive ketones (excluding diaryl/α,β-unsaturated/α-hetero) is 1. The predicted molar refractivity (Wildman–Crippen MR) is 139 cm³/mol. The monoisotopic (exact) mass is 496 g/mol. The topological polar surface area (TPSA) is 88.5 Å². The van der Waals surface area contributed by atoms with Crippen molar-refractivity contribution < 1.29 is 28.9 Å². The van der Waals surface area contributed by atoms with E-state index >= 15 is 0 Å². The predicted octanol–water partition coefficient (Wildman–Crippen LogP) is 4.25. The summed E-state index contributed by atoms with van der Waals surface area (Å²) in [6, 6.07) is 11.3. The highest BCUT2D eigenvalue weighted by Gasteiger charge is 2.46. The number of hydrogen-bond donors (Lipinski definition) is 1. The zero-order valence-corrected chi connectivity index (χ0v) is 21.9. The molecule has 2 aromatic rings. The molecule has 0 radical (unpaired) electrons. The first kappa shape index (κ1) is 27.1. The average Bonchev–Trinajstić information content (AvgIpc) is 3.13. The summed E-state index contributed by atoms with van der Waals surface area (Å²) in [4.78, 5) is 30.2. The molecule has 0 bridgehead atoms. The highest BCUT2D eigenvalue weighted by molar-refractivity contribution is 6.46. The summed E-state index contributed by atoms with van der Waals surface area (Å²) in [6.07, 6.45) is 0.00521. The molecule has 0 spiro atoms. The maximum Gasteiger partial charge on any atom is 0.295 e. The third kappa shape index (κ3) is 5.65. The molecule has 0 aliphatic carbocycles. The third-order valence-corrected chi connectivity index (χ3v) is 6.31. The number of nitrogens with zero attached hydrogens (tertiary/aromatic N) is 2. The lowest BCUT2D eigenvalue weighted by molar-refractivity contribution is -0.140. The number of carbonyl (C=O) groups excluding carboxylic acids is 2. The van der Waals surface area contributed by atoms with Crippen LogP contribution in [0.3, 0.4) is 0 Å². The fourth-order valence-electron chi connectivity index (χ4n) is 4.39. The van der Waals surface area contributed by atoms with Crippen molar-refractivity contribution in [3.8, 4) is 17.2 Å². The zero-order valence-electron chi connectivity index (χ0n) is 21.9. The SMILES string of the molecule is CCN(CC)CCN1C(=O)C(=O)C(=C(O)c2ccc(OC(C)C)cc2)[C@@H]1c1ccc(OC)c(OC)c1. The molecule has 1 atom stereocenters. The van der Waals surface area contributed by atoms with Gasteiger partial charge in [0.1, 0.15) is 11.5 Å².